The van der Waals surface area contributed by atoms with Gasteiger partial charge >= 0.3 is 5.97 Å². The van der Waals surface area contributed by atoms with Crippen LogP contribution in [-0.4, -0.2) is 18.2 Å². The van der Waals surface area contributed by atoms with Crippen LogP contribution < -0.4 is 10.5 Å². The predicted molar refractivity (Wildman–Crippen MR) is 70.7 cm³/mol. The molecule has 1 atom stereocenters. The fourth-order valence-electron chi connectivity index (χ4n) is 1.88. The summed E-state index contributed by atoms with van der Waals surface area (Å²) in [5.41, 5.74) is 7.39. The lowest BCUT2D eigenvalue weighted by molar-refractivity contribution is -0.138. The van der Waals surface area contributed by atoms with Gasteiger partial charge in [-0.05, 0) is 29.5 Å². The number of carboxylic acids is 1. The standard InChI is InChI=1S/C14H21NO3/c1-14(2,3)8-9-5-6-11(18-4)10(7-9)12(15)13(16)17/h5-7,12H,8,15H2,1-4H3,(H,16,17). The van der Waals surface area contributed by atoms with Gasteiger partial charge in [0.2, 0.25) is 0 Å². The van der Waals surface area contributed by atoms with Crippen molar-refractivity contribution in [2.75, 3.05) is 7.11 Å². The Morgan fingerprint density at radius 1 is 1.44 bits per heavy atom. The lowest BCUT2D eigenvalue weighted by atomic mass is 9.87. The van der Waals surface area contributed by atoms with Gasteiger partial charge in [0.15, 0.2) is 0 Å². The monoisotopic (exact) mass is 251 g/mol. The van der Waals surface area contributed by atoms with Gasteiger partial charge in [-0.25, -0.2) is 0 Å². The fraction of sp³-hybridized carbons (Fsp3) is 0.500. The molecule has 0 amide bonds. The van der Waals surface area contributed by atoms with Crippen molar-refractivity contribution in [2.45, 2.75) is 33.2 Å². The third-order valence-electron chi connectivity index (χ3n) is 2.63. The zero-order valence-corrected chi connectivity index (χ0v) is 11.4. The quantitative estimate of drug-likeness (QED) is 0.861. The molecule has 0 aromatic heterocycles. The van der Waals surface area contributed by atoms with Crippen molar-refractivity contribution in [3.05, 3.63) is 29.3 Å². The maximum Gasteiger partial charge on any atom is 0.325 e. The van der Waals surface area contributed by atoms with Crippen LogP contribution in [0, 0.1) is 5.41 Å². The molecule has 1 aromatic rings. The number of ether oxygens (including phenoxy) is 1. The number of nitrogens with two attached hydrogens (primary N) is 1. The van der Waals surface area contributed by atoms with Gasteiger partial charge in [-0.3, -0.25) is 4.79 Å². The highest BCUT2D eigenvalue weighted by atomic mass is 16.5. The van der Waals surface area contributed by atoms with Crippen LogP contribution in [0.15, 0.2) is 18.2 Å². The van der Waals surface area contributed by atoms with Gasteiger partial charge in [0.25, 0.3) is 0 Å². The van der Waals surface area contributed by atoms with Gasteiger partial charge in [0, 0.05) is 5.56 Å². The summed E-state index contributed by atoms with van der Waals surface area (Å²) in [6.07, 6.45) is 0.857. The SMILES string of the molecule is COc1ccc(CC(C)(C)C)cc1C(N)C(=O)O. The normalized spacial score (nSPS) is 13.2. The Bertz CT molecular complexity index is 435. The molecule has 0 saturated heterocycles. The van der Waals surface area contributed by atoms with Crippen molar-refractivity contribution in [3.63, 3.8) is 0 Å². The van der Waals surface area contributed by atoms with Crippen molar-refractivity contribution in [3.8, 4) is 5.75 Å². The number of hydrogen-bond acceptors (Lipinski definition) is 3. The summed E-state index contributed by atoms with van der Waals surface area (Å²) < 4.78 is 5.16. The predicted octanol–water partition coefficient (Wildman–Crippen LogP) is 2.37. The van der Waals surface area contributed by atoms with Gasteiger partial charge in [-0.1, -0.05) is 26.8 Å². The number of carbonyl (C=O) groups is 1. The summed E-state index contributed by atoms with van der Waals surface area (Å²) in [4.78, 5) is 11.0. The molecule has 0 fully saturated rings. The van der Waals surface area contributed by atoms with Crippen LogP contribution in [0.4, 0.5) is 0 Å². The van der Waals surface area contributed by atoms with Crippen LogP contribution in [0.25, 0.3) is 0 Å². The average molecular weight is 251 g/mol. The number of hydrogen-bond donors (Lipinski definition) is 2. The summed E-state index contributed by atoms with van der Waals surface area (Å²) >= 11 is 0. The summed E-state index contributed by atoms with van der Waals surface area (Å²) in [7, 11) is 1.51. The third kappa shape index (κ3) is 3.74. The highest BCUT2D eigenvalue weighted by molar-refractivity contribution is 5.76. The molecule has 0 aliphatic carbocycles. The second kappa shape index (κ2) is 5.40. The molecule has 100 valence electrons. The van der Waals surface area contributed by atoms with Crippen LogP contribution in [0.5, 0.6) is 5.75 Å². The van der Waals surface area contributed by atoms with E-state index >= 15 is 0 Å². The molecule has 18 heavy (non-hydrogen) atoms. The van der Waals surface area contributed by atoms with E-state index in [1.165, 1.54) is 7.11 Å². The topological polar surface area (TPSA) is 72.5 Å². The first-order valence-electron chi connectivity index (χ1n) is 5.90. The lowest BCUT2D eigenvalue weighted by Gasteiger charge is -2.20. The molecule has 0 bridgehead atoms. The van der Waals surface area contributed by atoms with Crippen LogP contribution in [0.2, 0.25) is 0 Å². The van der Waals surface area contributed by atoms with Gasteiger partial charge in [-0.15, -0.1) is 0 Å². The first-order chi connectivity index (χ1) is 8.24. The van der Waals surface area contributed by atoms with Crippen molar-refractivity contribution in [1.29, 1.82) is 0 Å². The highest BCUT2D eigenvalue weighted by Crippen LogP contribution is 2.28. The first-order valence-corrected chi connectivity index (χ1v) is 5.90. The number of rotatable bonds is 4. The zero-order chi connectivity index (χ0) is 13.9. The van der Waals surface area contributed by atoms with Crippen molar-refractivity contribution < 1.29 is 14.6 Å². The summed E-state index contributed by atoms with van der Waals surface area (Å²) in [6, 6.07) is 4.49. The number of methoxy groups -OCH3 is 1. The number of benzene rings is 1. The van der Waals surface area contributed by atoms with Gasteiger partial charge in [0.05, 0.1) is 7.11 Å². The minimum Gasteiger partial charge on any atom is -0.496 e. The maximum atomic E-state index is 11.0. The molecule has 1 unspecified atom stereocenters. The molecule has 4 heteroatoms. The molecule has 0 radical (unpaired) electrons. The Morgan fingerprint density at radius 3 is 2.50 bits per heavy atom. The molecule has 0 spiro atoms. The maximum absolute atomic E-state index is 11.0. The van der Waals surface area contributed by atoms with Gasteiger partial charge < -0.3 is 15.6 Å². The Morgan fingerprint density at radius 2 is 2.06 bits per heavy atom. The smallest absolute Gasteiger partial charge is 0.325 e. The Kier molecular flexibility index (Phi) is 4.35. The van der Waals surface area contributed by atoms with Crippen LogP contribution >= 0.6 is 0 Å². The van der Waals surface area contributed by atoms with E-state index in [0.717, 1.165) is 12.0 Å². The molecule has 0 aliphatic heterocycles. The molecule has 3 N–H and O–H groups in total. The minimum absolute atomic E-state index is 0.138. The van der Waals surface area contributed by atoms with E-state index in [2.05, 4.69) is 20.8 Å². The van der Waals surface area contributed by atoms with E-state index in [1.54, 1.807) is 6.07 Å². The van der Waals surface area contributed by atoms with Gasteiger partial charge in [0.1, 0.15) is 11.8 Å². The third-order valence-corrected chi connectivity index (χ3v) is 2.63. The molecule has 0 saturated carbocycles. The molecular weight excluding hydrogens is 230 g/mol. The van der Waals surface area contributed by atoms with E-state index in [0.29, 0.717) is 11.3 Å². The van der Waals surface area contributed by atoms with Crippen LogP contribution in [-0.2, 0) is 11.2 Å². The summed E-state index contributed by atoms with van der Waals surface area (Å²) in [5, 5.41) is 9.00. The lowest BCUT2D eigenvalue weighted by Crippen LogP contribution is -2.21. The Labute approximate surface area is 108 Å². The fourth-order valence-corrected chi connectivity index (χ4v) is 1.88. The number of aliphatic carboxylic acids is 1. The van der Waals surface area contributed by atoms with Crippen molar-refractivity contribution >= 4 is 5.97 Å². The average Bonchev–Trinajstić information content (AvgIpc) is 2.25. The minimum atomic E-state index is -1.06. The Hall–Kier alpha value is -1.55. The number of carboxylic acid groups (broad SMARTS) is 1. The van der Waals surface area contributed by atoms with E-state index in [9.17, 15) is 4.79 Å². The van der Waals surface area contributed by atoms with Crippen LogP contribution in [0.1, 0.15) is 37.9 Å². The summed E-state index contributed by atoms with van der Waals surface area (Å²) in [6.45, 7) is 6.40. The van der Waals surface area contributed by atoms with E-state index in [4.69, 9.17) is 15.6 Å². The Balaban J connectivity index is 3.13. The molecule has 0 heterocycles. The first kappa shape index (κ1) is 14.5. The molecule has 0 aliphatic rings. The second-order valence-electron chi connectivity index (χ2n) is 5.63. The van der Waals surface area contributed by atoms with Crippen LogP contribution in [0.3, 0.4) is 0 Å². The summed E-state index contributed by atoms with van der Waals surface area (Å²) in [5.74, 6) is -0.538. The van der Waals surface area contributed by atoms with E-state index in [-0.39, 0.29) is 5.41 Å². The largest absolute Gasteiger partial charge is 0.496 e. The van der Waals surface area contributed by atoms with E-state index in [1.807, 2.05) is 12.1 Å². The highest BCUT2D eigenvalue weighted by Gasteiger charge is 2.20. The second-order valence-corrected chi connectivity index (χ2v) is 5.63. The molecular formula is C14H21NO3. The zero-order valence-electron chi connectivity index (χ0n) is 11.4. The van der Waals surface area contributed by atoms with Crippen molar-refractivity contribution in [2.24, 2.45) is 11.1 Å². The molecule has 4 nitrogen and oxygen atoms in total. The van der Waals surface area contributed by atoms with Gasteiger partial charge in [-0.2, -0.15) is 0 Å². The van der Waals surface area contributed by atoms with E-state index < -0.39 is 12.0 Å². The molecule has 1 rings (SSSR count). The molecule has 1 aromatic carbocycles. The van der Waals surface area contributed by atoms with Crippen molar-refractivity contribution in [1.82, 2.24) is 0 Å².